The third-order valence-corrected chi connectivity index (χ3v) is 15.1. The van der Waals surface area contributed by atoms with Crippen LogP contribution in [0.15, 0.2) is 82.8 Å². The van der Waals surface area contributed by atoms with Crippen LogP contribution in [0, 0.1) is 0 Å². The molecule has 0 bridgehead atoms. The standard InChI is InChI=1S/2C31H48GeN3/c2*1-19(2)25-15-13-16-26(20(3)4)29(25)33-31(34(23(9)10)24(11)12)35(32)30-27(21(5)6)17-14-18-28(30)22(7)8/h2*13-24H,1-12H3. The normalized spacial score (nSPS) is 12.7. The molecule has 6 nitrogen and oxygen atoms in total. The third kappa shape index (κ3) is 14.8. The van der Waals surface area contributed by atoms with E-state index in [0.717, 1.165) is 23.3 Å². The van der Waals surface area contributed by atoms with Gasteiger partial charge in [0.15, 0.2) is 0 Å². The quantitative estimate of drug-likeness (QED) is 0.0637. The minimum atomic E-state index is 0.318. The first-order valence-corrected chi connectivity index (χ1v) is 28.7. The first-order valence-electron chi connectivity index (χ1n) is 26.9. The van der Waals surface area contributed by atoms with Gasteiger partial charge in [-0.1, -0.05) is 0 Å². The molecule has 382 valence electrons. The molecular formula is C62H96Ge2N6. The number of benzene rings is 4. The van der Waals surface area contributed by atoms with Crippen molar-refractivity contribution < 1.29 is 0 Å². The van der Waals surface area contributed by atoms with E-state index in [1.54, 1.807) is 0 Å². The van der Waals surface area contributed by atoms with Gasteiger partial charge in [0, 0.05) is 0 Å². The van der Waals surface area contributed by atoms with Crippen molar-refractivity contribution in [1.29, 1.82) is 0 Å². The van der Waals surface area contributed by atoms with Crippen molar-refractivity contribution >= 4 is 68.1 Å². The van der Waals surface area contributed by atoms with Crippen LogP contribution < -0.4 is 7.71 Å². The van der Waals surface area contributed by atoms with Crippen LogP contribution in [0.5, 0.6) is 0 Å². The molecule has 6 radical (unpaired) electrons. The SMILES string of the molecule is CC(C)c1cccc(C(C)C)c1N=C([N]([Ge])c1c(C(C)C)cccc1C(C)C)N(C(C)C)C(C)C.CC(C)c1cccc(C(C)C)c1N=C([N]([Ge])c1c(C(C)C)cccc1C(C)C)N(C(C)C)C(C)C. The molecule has 0 amide bonds. The molecule has 0 spiro atoms. The molecule has 70 heavy (non-hydrogen) atoms. The molecule has 0 atom stereocenters. The monoisotopic (exact) mass is 1070 g/mol. The fraction of sp³-hybridized carbons (Fsp3) is 0.581. The van der Waals surface area contributed by atoms with Crippen molar-refractivity contribution in [2.24, 2.45) is 9.98 Å². The first-order chi connectivity index (χ1) is 32.6. The number of para-hydroxylation sites is 4. The van der Waals surface area contributed by atoms with E-state index < -0.39 is 0 Å². The second-order valence-corrected chi connectivity index (χ2v) is 24.9. The third-order valence-electron chi connectivity index (χ3n) is 13.3. The summed E-state index contributed by atoms with van der Waals surface area (Å²) in [4.78, 5) is 16.1. The number of aliphatic imine (C=N–C) groups is 2. The summed E-state index contributed by atoms with van der Waals surface area (Å²) in [6.45, 7) is 54.7. The molecule has 0 aliphatic heterocycles. The van der Waals surface area contributed by atoms with Gasteiger partial charge in [0.1, 0.15) is 0 Å². The van der Waals surface area contributed by atoms with Gasteiger partial charge in [-0.2, -0.15) is 0 Å². The molecule has 4 aromatic carbocycles. The topological polar surface area (TPSA) is 37.7 Å². The zero-order valence-corrected chi connectivity index (χ0v) is 52.7. The first kappa shape index (κ1) is 60.8. The number of anilines is 2. The predicted octanol–water partition coefficient (Wildman–Crippen LogP) is 17.8. The average molecular weight is 1070 g/mol. The van der Waals surface area contributed by atoms with Crippen molar-refractivity contribution in [3.63, 3.8) is 0 Å². The number of rotatable bonds is 16. The van der Waals surface area contributed by atoms with Crippen LogP contribution in [0.4, 0.5) is 22.7 Å². The van der Waals surface area contributed by atoms with Crippen LogP contribution in [0.25, 0.3) is 0 Å². The Balaban J connectivity index is 0.000000370. The van der Waals surface area contributed by atoms with E-state index in [1.165, 1.54) is 55.9 Å². The molecule has 0 saturated carbocycles. The number of guanidine groups is 2. The number of nitrogens with zero attached hydrogens (tertiary/aromatic N) is 6. The summed E-state index contributed by atoms with van der Waals surface area (Å²) < 4.78 is 4.76. The van der Waals surface area contributed by atoms with Gasteiger partial charge in [0.05, 0.1) is 0 Å². The van der Waals surface area contributed by atoms with E-state index in [-0.39, 0.29) is 0 Å². The Morgan fingerprint density at radius 2 is 0.471 bits per heavy atom. The average Bonchev–Trinajstić information content (AvgIpc) is 3.26. The van der Waals surface area contributed by atoms with Gasteiger partial charge in [-0.05, 0) is 0 Å². The van der Waals surface area contributed by atoms with Crippen molar-refractivity contribution in [1.82, 2.24) is 9.80 Å². The van der Waals surface area contributed by atoms with Crippen LogP contribution in [-0.2, 0) is 0 Å². The van der Waals surface area contributed by atoms with Crippen LogP contribution in [-0.4, -0.2) is 79.4 Å². The molecule has 0 N–H and O–H groups in total. The molecule has 0 fully saturated rings. The maximum atomic E-state index is 5.59. The van der Waals surface area contributed by atoms with E-state index in [2.05, 4.69) is 290 Å². The fourth-order valence-electron chi connectivity index (χ4n) is 9.78. The molecular weight excluding hydrogens is 974 g/mol. The summed E-state index contributed by atoms with van der Waals surface area (Å²) in [6.07, 6.45) is 0. The zero-order chi connectivity index (χ0) is 53.2. The van der Waals surface area contributed by atoms with Gasteiger partial charge < -0.3 is 0 Å². The van der Waals surface area contributed by atoms with Crippen LogP contribution >= 0.6 is 0 Å². The maximum absolute atomic E-state index is 5.59. The van der Waals surface area contributed by atoms with E-state index >= 15 is 0 Å². The predicted molar refractivity (Wildman–Crippen MR) is 313 cm³/mol. The van der Waals surface area contributed by atoms with Crippen molar-refractivity contribution in [2.45, 2.75) is 238 Å². The van der Waals surface area contributed by atoms with Gasteiger partial charge in [0.25, 0.3) is 0 Å². The molecule has 4 rings (SSSR count). The van der Waals surface area contributed by atoms with Crippen molar-refractivity contribution in [3.8, 4) is 0 Å². The Bertz CT molecular complexity index is 2050. The molecule has 4 aromatic rings. The number of hydrogen-bond acceptors (Lipinski definition) is 2. The van der Waals surface area contributed by atoms with Gasteiger partial charge in [-0.15, -0.1) is 0 Å². The molecule has 0 aromatic heterocycles. The zero-order valence-electron chi connectivity index (χ0n) is 48.5. The Hall–Kier alpha value is -3.49. The Morgan fingerprint density at radius 3 is 0.629 bits per heavy atom. The van der Waals surface area contributed by atoms with Gasteiger partial charge in [-0.3, -0.25) is 0 Å². The van der Waals surface area contributed by atoms with E-state index in [0.29, 0.717) is 71.5 Å². The molecule has 0 saturated heterocycles. The molecule has 0 unspecified atom stereocenters. The van der Waals surface area contributed by atoms with Crippen LogP contribution in [0.1, 0.15) is 258 Å². The second kappa shape index (κ2) is 27.0. The second-order valence-electron chi connectivity index (χ2n) is 23.1. The molecule has 0 aliphatic carbocycles. The van der Waals surface area contributed by atoms with Gasteiger partial charge >= 0.3 is 451 Å². The van der Waals surface area contributed by atoms with Gasteiger partial charge in [-0.25, -0.2) is 0 Å². The Kier molecular flexibility index (Phi) is 23.4. The van der Waals surface area contributed by atoms with Crippen molar-refractivity contribution in [3.05, 3.63) is 117 Å². The Labute approximate surface area is 447 Å². The molecule has 0 aliphatic rings. The van der Waals surface area contributed by atoms with E-state index in [4.69, 9.17) is 9.98 Å². The van der Waals surface area contributed by atoms with Crippen LogP contribution in [0.2, 0.25) is 0 Å². The van der Waals surface area contributed by atoms with E-state index in [1.807, 2.05) is 0 Å². The van der Waals surface area contributed by atoms with Crippen molar-refractivity contribution in [2.75, 3.05) is 7.71 Å². The minimum absolute atomic E-state index is 0.318. The van der Waals surface area contributed by atoms with Gasteiger partial charge in [0.2, 0.25) is 0 Å². The summed E-state index contributed by atoms with van der Waals surface area (Å²) >= 11 is 4.44. The summed E-state index contributed by atoms with van der Waals surface area (Å²) in [6, 6.07) is 28.3. The summed E-state index contributed by atoms with van der Waals surface area (Å²) in [5, 5.41) is 0. The fourth-order valence-corrected chi connectivity index (χ4v) is 11.6. The summed E-state index contributed by atoms with van der Waals surface area (Å²) in [7, 11) is 0. The Morgan fingerprint density at radius 1 is 0.300 bits per heavy atom. The summed E-state index contributed by atoms with van der Waals surface area (Å²) in [5.41, 5.74) is 15.6. The number of hydrogen-bond donors (Lipinski definition) is 0. The van der Waals surface area contributed by atoms with E-state index in [9.17, 15) is 0 Å². The summed E-state index contributed by atoms with van der Waals surface area (Å²) in [5.74, 6) is 5.36. The molecule has 8 heteroatoms. The van der Waals surface area contributed by atoms with Crippen LogP contribution in [0.3, 0.4) is 0 Å². The molecule has 0 heterocycles.